The lowest BCUT2D eigenvalue weighted by atomic mass is 10.0. The van der Waals surface area contributed by atoms with Crippen LogP contribution >= 0.6 is 0 Å². The van der Waals surface area contributed by atoms with Crippen molar-refractivity contribution in [1.82, 2.24) is 0 Å². The van der Waals surface area contributed by atoms with E-state index in [1.54, 1.807) is 0 Å². The molecule has 3 heteroatoms. The van der Waals surface area contributed by atoms with Crippen LogP contribution in [0.4, 0.5) is 0 Å². The van der Waals surface area contributed by atoms with Crippen LogP contribution in [0.1, 0.15) is 90.4 Å². The predicted molar refractivity (Wildman–Crippen MR) is 85.7 cm³/mol. The van der Waals surface area contributed by atoms with Gasteiger partial charge in [-0.2, -0.15) is 0 Å². The monoisotopic (exact) mass is 285 g/mol. The highest BCUT2D eigenvalue weighted by Crippen LogP contribution is 2.12. The van der Waals surface area contributed by atoms with Crippen molar-refractivity contribution in [2.75, 3.05) is 13.2 Å². The van der Waals surface area contributed by atoms with Crippen LogP contribution in [0.3, 0.4) is 0 Å². The molecule has 0 unspecified atom stereocenters. The summed E-state index contributed by atoms with van der Waals surface area (Å²) in [5, 5.41) is 0. The molecule has 0 amide bonds. The zero-order valence-electron chi connectivity index (χ0n) is 13.5. The molecule has 0 aromatic carbocycles. The fourth-order valence-electron chi connectivity index (χ4n) is 2.36. The van der Waals surface area contributed by atoms with Crippen LogP contribution in [0, 0.1) is 0 Å². The predicted octanol–water partition coefficient (Wildman–Crippen LogP) is 4.58. The molecule has 120 valence electrons. The number of nitrogens with two attached hydrogens (primary N) is 1. The minimum Gasteiger partial charge on any atom is -0.465 e. The van der Waals surface area contributed by atoms with Crippen LogP contribution in [-0.4, -0.2) is 19.1 Å². The van der Waals surface area contributed by atoms with E-state index in [1.807, 2.05) is 0 Å². The Kier molecular flexibility index (Phi) is 16.0. The van der Waals surface area contributed by atoms with Gasteiger partial charge in [-0.05, 0) is 6.42 Å². The average Bonchev–Trinajstić information content (AvgIpc) is 2.47. The fraction of sp³-hybridized carbons (Fsp3) is 0.941. The van der Waals surface area contributed by atoms with E-state index in [0.29, 0.717) is 6.61 Å². The van der Waals surface area contributed by atoms with Crippen molar-refractivity contribution >= 4 is 5.97 Å². The first kappa shape index (κ1) is 19.4. The largest absolute Gasteiger partial charge is 0.465 e. The van der Waals surface area contributed by atoms with Gasteiger partial charge in [-0.15, -0.1) is 0 Å². The van der Waals surface area contributed by atoms with Gasteiger partial charge in [0.05, 0.1) is 13.2 Å². The molecule has 3 nitrogen and oxygen atoms in total. The third-order valence-corrected chi connectivity index (χ3v) is 3.68. The SMILES string of the molecule is CCCCCCCCCCCCCCCOC(=O)CN. The minimum absolute atomic E-state index is 0.00154. The van der Waals surface area contributed by atoms with Gasteiger partial charge in [0.15, 0.2) is 0 Å². The number of rotatable bonds is 15. The topological polar surface area (TPSA) is 52.3 Å². The highest BCUT2D eigenvalue weighted by atomic mass is 16.5. The Bertz CT molecular complexity index is 207. The van der Waals surface area contributed by atoms with Crippen molar-refractivity contribution in [2.45, 2.75) is 90.4 Å². The van der Waals surface area contributed by atoms with E-state index in [2.05, 4.69) is 6.92 Å². The van der Waals surface area contributed by atoms with E-state index in [9.17, 15) is 4.79 Å². The molecule has 20 heavy (non-hydrogen) atoms. The molecule has 0 saturated carbocycles. The summed E-state index contributed by atoms with van der Waals surface area (Å²) in [6.45, 7) is 2.80. The second-order valence-corrected chi connectivity index (χ2v) is 5.67. The summed E-state index contributed by atoms with van der Waals surface area (Å²) in [7, 11) is 0. The summed E-state index contributed by atoms with van der Waals surface area (Å²) in [5.74, 6) is -0.288. The molecule has 0 aliphatic carbocycles. The molecule has 0 aromatic heterocycles. The summed E-state index contributed by atoms with van der Waals surface area (Å²) in [5.41, 5.74) is 5.15. The Labute approximate surface area is 125 Å². The highest BCUT2D eigenvalue weighted by molar-refractivity contribution is 5.71. The van der Waals surface area contributed by atoms with Gasteiger partial charge in [-0.3, -0.25) is 4.79 Å². The number of ether oxygens (including phenoxy) is 1. The molecule has 0 spiro atoms. The lowest BCUT2D eigenvalue weighted by Crippen LogP contribution is -2.17. The minimum atomic E-state index is -0.288. The summed E-state index contributed by atoms with van der Waals surface area (Å²) < 4.78 is 4.93. The second kappa shape index (κ2) is 16.5. The molecule has 0 radical (unpaired) electrons. The third kappa shape index (κ3) is 15.5. The standard InChI is InChI=1S/C17H35NO2/c1-2-3-4-5-6-7-8-9-10-11-12-13-14-15-20-17(19)16-18/h2-16,18H2,1H3. The van der Waals surface area contributed by atoms with E-state index in [4.69, 9.17) is 10.5 Å². The maximum Gasteiger partial charge on any atom is 0.319 e. The van der Waals surface area contributed by atoms with Crippen LogP contribution in [0.25, 0.3) is 0 Å². The van der Waals surface area contributed by atoms with Crippen molar-refractivity contribution in [3.05, 3.63) is 0 Å². The Hall–Kier alpha value is -0.570. The first-order valence-electron chi connectivity index (χ1n) is 8.67. The molecular formula is C17H35NO2. The van der Waals surface area contributed by atoms with Crippen LogP contribution in [-0.2, 0) is 9.53 Å². The van der Waals surface area contributed by atoms with Crippen LogP contribution in [0.5, 0.6) is 0 Å². The van der Waals surface area contributed by atoms with Gasteiger partial charge in [0.25, 0.3) is 0 Å². The quantitative estimate of drug-likeness (QED) is 0.354. The van der Waals surface area contributed by atoms with Crippen LogP contribution in [0.2, 0.25) is 0 Å². The molecule has 0 bridgehead atoms. The zero-order chi connectivity index (χ0) is 14.9. The van der Waals surface area contributed by atoms with E-state index < -0.39 is 0 Å². The first-order chi connectivity index (χ1) is 9.81. The molecule has 0 heterocycles. The smallest absolute Gasteiger partial charge is 0.319 e. The summed E-state index contributed by atoms with van der Waals surface area (Å²) in [6, 6.07) is 0. The maximum absolute atomic E-state index is 10.8. The number of unbranched alkanes of at least 4 members (excludes halogenated alkanes) is 12. The fourth-order valence-corrected chi connectivity index (χ4v) is 2.36. The summed E-state index contributed by atoms with van der Waals surface area (Å²) in [4.78, 5) is 10.8. The third-order valence-electron chi connectivity index (χ3n) is 3.68. The van der Waals surface area contributed by atoms with Crippen LogP contribution in [0.15, 0.2) is 0 Å². The lowest BCUT2D eigenvalue weighted by Gasteiger charge is -2.04. The second-order valence-electron chi connectivity index (χ2n) is 5.67. The maximum atomic E-state index is 10.8. The van der Waals surface area contributed by atoms with Crippen molar-refractivity contribution < 1.29 is 9.53 Å². The van der Waals surface area contributed by atoms with Gasteiger partial charge in [0.1, 0.15) is 0 Å². The molecule has 0 atom stereocenters. The van der Waals surface area contributed by atoms with Crippen molar-refractivity contribution in [3.8, 4) is 0 Å². The number of carbonyl (C=O) groups excluding carboxylic acids is 1. The lowest BCUT2D eigenvalue weighted by molar-refractivity contribution is -0.142. The van der Waals surface area contributed by atoms with E-state index in [1.165, 1.54) is 70.6 Å². The number of esters is 1. The summed E-state index contributed by atoms with van der Waals surface area (Å²) >= 11 is 0. The zero-order valence-corrected chi connectivity index (χ0v) is 13.5. The van der Waals surface area contributed by atoms with Gasteiger partial charge >= 0.3 is 5.97 Å². The molecular weight excluding hydrogens is 250 g/mol. The van der Waals surface area contributed by atoms with E-state index in [-0.39, 0.29) is 12.5 Å². The van der Waals surface area contributed by atoms with Gasteiger partial charge in [0.2, 0.25) is 0 Å². The average molecular weight is 285 g/mol. The van der Waals surface area contributed by atoms with Crippen LogP contribution < -0.4 is 5.73 Å². The number of hydrogen-bond donors (Lipinski definition) is 1. The molecule has 0 fully saturated rings. The van der Waals surface area contributed by atoms with Crippen molar-refractivity contribution in [3.63, 3.8) is 0 Å². The summed E-state index contributed by atoms with van der Waals surface area (Å²) in [6.07, 6.45) is 17.3. The molecule has 0 aromatic rings. The first-order valence-corrected chi connectivity index (χ1v) is 8.67. The van der Waals surface area contributed by atoms with Gasteiger partial charge < -0.3 is 10.5 Å². The Morgan fingerprint density at radius 1 is 0.750 bits per heavy atom. The molecule has 0 aliphatic rings. The highest BCUT2D eigenvalue weighted by Gasteiger charge is 1.97. The van der Waals surface area contributed by atoms with E-state index in [0.717, 1.165) is 12.8 Å². The van der Waals surface area contributed by atoms with Gasteiger partial charge in [-0.25, -0.2) is 0 Å². The number of hydrogen-bond acceptors (Lipinski definition) is 3. The molecule has 0 aliphatic heterocycles. The van der Waals surface area contributed by atoms with E-state index >= 15 is 0 Å². The molecule has 0 saturated heterocycles. The van der Waals surface area contributed by atoms with Gasteiger partial charge in [-0.1, -0.05) is 84.0 Å². The Morgan fingerprint density at radius 2 is 1.15 bits per heavy atom. The molecule has 2 N–H and O–H groups in total. The Balaban J connectivity index is 2.97. The normalized spacial score (nSPS) is 10.7. The molecule has 0 rings (SSSR count). The Morgan fingerprint density at radius 3 is 1.55 bits per heavy atom. The van der Waals surface area contributed by atoms with Crippen molar-refractivity contribution in [1.29, 1.82) is 0 Å². The number of carbonyl (C=O) groups is 1. The van der Waals surface area contributed by atoms with Gasteiger partial charge in [0, 0.05) is 0 Å². The van der Waals surface area contributed by atoms with Crippen molar-refractivity contribution in [2.24, 2.45) is 5.73 Å².